The summed E-state index contributed by atoms with van der Waals surface area (Å²) in [5.74, 6) is -8.47. The Kier molecular flexibility index (Phi) is 9.56. The van der Waals surface area contributed by atoms with E-state index < -0.39 is 81.6 Å². The van der Waals surface area contributed by atoms with Crippen molar-refractivity contribution in [2.75, 3.05) is 7.11 Å². The fourth-order valence-corrected chi connectivity index (χ4v) is 7.05. The van der Waals surface area contributed by atoms with Gasteiger partial charge >= 0.3 is 12.1 Å². The number of carbonyl (C=O) groups is 1. The molecule has 210 valence electrons. The summed E-state index contributed by atoms with van der Waals surface area (Å²) in [5, 5.41) is 6.66. The number of hydrogen-bond acceptors (Lipinski definition) is 5. The van der Waals surface area contributed by atoms with Crippen LogP contribution in [0.25, 0.3) is 0 Å². The Labute approximate surface area is 213 Å². The summed E-state index contributed by atoms with van der Waals surface area (Å²) in [6.45, 7) is 0. The van der Waals surface area contributed by atoms with Gasteiger partial charge in [0.15, 0.2) is 0 Å². The molecule has 7 nitrogen and oxygen atoms in total. The monoisotopic (exact) mass is 568 g/mol. The van der Waals surface area contributed by atoms with E-state index in [2.05, 4.69) is 5.32 Å². The largest absolute Gasteiger partial charge is 0.453 e. The zero-order valence-electron chi connectivity index (χ0n) is 20.0. The number of primary sulfonamides is 1. The van der Waals surface area contributed by atoms with Gasteiger partial charge in [-0.3, -0.25) is 4.79 Å². The van der Waals surface area contributed by atoms with Gasteiger partial charge in [-0.15, -0.1) is 11.6 Å². The van der Waals surface area contributed by atoms with Crippen LogP contribution in [0, 0.1) is 11.8 Å². The van der Waals surface area contributed by atoms with Crippen LogP contribution < -0.4 is 10.5 Å². The highest BCUT2D eigenvalue weighted by Gasteiger charge is 2.63. The average Bonchev–Trinajstić information content (AvgIpc) is 2.79. The highest BCUT2D eigenvalue weighted by atomic mass is 35.5. The Balaban J connectivity index is 1.74. The van der Waals surface area contributed by atoms with Crippen LogP contribution in [0.4, 0.5) is 22.0 Å². The molecule has 0 spiro atoms. The van der Waals surface area contributed by atoms with E-state index in [1.54, 1.807) is 0 Å². The van der Waals surface area contributed by atoms with Gasteiger partial charge in [0.25, 0.3) is 0 Å². The van der Waals surface area contributed by atoms with E-state index in [-0.39, 0.29) is 18.9 Å². The molecule has 3 fully saturated rings. The molecule has 14 heteroatoms. The molecule has 0 heterocycles. The van der Waals surface area contributed by atoms with Crippen molar-refractivity contribution in [1.82, 2.24) is 5.32 Å². The third kappa shape index (κ3) is 7.00. The summed E-state index contributed by atoms with van der Waals surface area (Å²) in [6, 6.07) is -0.498. The van der Waals surface area contributed by atoms with Gasteiger partial charge in [0.1, 0.15) is 0 Å². The lowest BCUT2D eigenvalue weighted by Gasteiger charge is -2.42. The number of methoxy groups -OCH3 is 1. The molecule has 3 rings (SSSR count). The molecule has 0 radical (unpaired) electrons. The molecule has 1 amide bonds. The van der Waals surface area contributed by atoms with E-state index in [1.165, 1.54) is 7.11 Å². The topological polar surface area (TPSA) is 108 Å². The minimum absolute atomic E-state index is 0.113. The van der Waals surface area contributed by atoms with E-state index in [4.69, 9.17) is 26.2 Å². The summed E-state index contributed by atoms with van der Waals surface area (Å²) in [7, 11) is -2.26. The number of halogens is 6. The second-order valence-electron chi connectivity index (χ2n) is 10.2. The van der Waals surface area contributed by atoms with Crippen molar-refractivity contribution in [3.63, 3.8) is 0 Å². The fourth-order valence-electron chi connectivity index (χ4n) is 5.67. The van der Waals surface area contributed by atoms with Crippen molar-refractivity contribution in [2.24, 2.45) is 17.0 Å². The van der Waals surface area contributed by atoms with Crippen LogP contribution in [0.2, 0.25) is 0 Å². The Morgan fingerprint density at radius 2 is 1.67 bits per heavy atom. The van der Waals surface area contributed by atoms with Crippen LogP contribution in [0.3, 0.4) is 0 Å². The maximum absolute atomic E-state index is 14.2. The number of sulfonamides is 1. The number of carbonyl (C=O) groups excluding carboxylic acids is 1. The normalized spacial score (nSPS) is 36.9. The predicted molar refractivity (Wildman–Crippen MR) is 122 cm³/mol. The van der Waals surface area contributed by atoms with Crippen LogP contribution >= 0.6 is 11.6 Å². The van der Waals surface area contributed by atoms with Gasteiger partial charge in [0.2, 0.25) is 15.9 Å². The van der Waals surface area contributed by atoms with Gasteiger partial charge in [-0.25, -0.2) is 13.6 Å². The number of ether oxygens (including phenoxy) is 2. The van der Waals surface area contributed by atoms with Crippen LogP contribution in [-0.4, -0.2) is 68.5 Å². The van der Waals surface area contributed by atoms with Crippen molar-refractivity contribution < 1.29 is 44.6 Å². The first-order chi connectivity index (χ1) is 16.6. The van der Waals surface area contributed by atoms with Gasteiger partial charge in [-0.2, -0.15) is 22.0 Å². The van der Waals surface area contributed by atoms with E-state index in [0.29, 0.717) is 38.5 Å². The average molecular weight is 569 g/mol. The molecular weight excluding hydrogens is 535 g/mol. The lowest BCUT2D eigenvalue weighted by atomic mass is 9.75. The highest BCUT2D eigenvalue weighted by Crippen LogP contribution is 2.49. The molecule has 3 aliphatic carbocycles. The first-order valence-electron chi connectivity index (χ1n) is 12.2. The van der Waals surface area contributed by atoms with Gasteiger partial charge in [-0.1, -0.05) is 6.42 Å². The SMILES string of the molecule is COC1CCC(OC2CC(C(F)(F)C(F)(F)F)CCC2C(=O)NC2CCCC(S(N)(=O)=O)C2)C(Cl)C1. The molecule has 36 heavy (non-hydrogen) atoms. The third-order valence-electron chi connectivity index (χ3n) is 7.80. The summed E-state index contributed by atoms with van der Waals surface area (Å²) >= 11 is 6.41. The molecule has 8 unspecified atom stereocenters. The molecule has 0 bridgehead atoms. The van der Waals surface area contributed by atoms with E-state index in [1.807, 2.05) is 0 Å². The van der Waals surface area contributed by atoms with Gasteiger partial charge < -0.3 is 14.8 Å². The van der Waals surface area contributed by atoms with Crippen molar-refractivity contribution in [1.29, 1.82) is 0 Å². The number of nitrogens with one attached hydrogen (secondary N) is 1. The van der Waals surface area contributed by atoms with Crippen LogP contribution in [0.15, 0.2) is 0 Å². The Morgan fingerprint density at radius 3 is 2.25 bits per heavy atom. The maximum atomic E-state index is 14.2. The fraction of sp³-hybridized carbons (Fsp3) is 0.955. The molecule has 0 saturated heterocycles. The van der Waals surface area contributed by atoms with Crippen molar-refractivity contribution >= 4 is 27.5 Å². The summed E-state index contributed by atoms with van der Waals surface area (Å²) in [4.78, 5) is 13.2. The zero-order chi connectivity index (χ0) is 26.9. The van der Waals surface area contributed by atoms with Crippen LogP contribution in [-0.2, 0) is 24.3 Å². The summed E-state index contributed by atoms with van der Waals surface area (Å²) < 4.78 is 102. The summed E-state index contributed by atoms with van der Waals surface area (Å²) in [5.41, 5.74) is 0. The second-order valence-corrected chi connectivity index (χ2v) is 12.6. The highest BCUT2D eigenvalue weighted by molar-refractivity contribution is 7.89. The van der Waals surface area contributed by atoms with Crippen LogP contribution in [0.5, 0.6) is 0 Å². The number of amides is 1. The number of alkyl halides is 6. The Bertz CT molecular complexity index is 877. The molecular formula is C22H34ClF5N2O5S. The third-order valence-corrected chi connectivity index (χ3v) is 9.62. The smallest absolute Gasteiger partial charge is 0.381 e. The van der Waals surface area contributed by atoms with Crippen molar-refractivity contribution in [3.05, 3.63) is 0 Å². The standard InChI is InChI=1S/C22H34ClF5N2O5S/c1-34-14-6-8-18(17(23)11-14)35-19-9-12(21(24,25)22(26,27)28)5-7-16(19)20(31)30-13-3-2-4-15(10-13)36(29,32)33/h12-19H,2-11H2,1H3,(H,30,31)(H2,29,32,33). The van der Waals surface area contributed by atoms with E-state index in [0.717, 1.165) is 0 Å². The van der Waals surface area contributed by atoms with Crippen molar-refractivity contribution in [3.8, 4) is 0 Å². The Morgan fingerprint density at radius 1 is 0.972 bits per heavy atom. The number of nitrogens with two attached hydrogens (primary N) is 1. The second kappa shape index (κ2) is 11.5. The quantitative estimate of drug-likeness (QED) is 0.358. The maximum Gasteiger partial charge on any atom is 0.453 e. The van der Waals surface area contributed by atoms with E-state index in [9.17, 15) is 35.2 Å². The minimum Gasteiger partial charge on any atom is -0.381 e. The first-order valence-corrected chi connectivity index (χ1v) is 14.3. The lowest BCUT2D eigenvalue weighted by Crippen LogP contribution is -2.53. The molecule has 3 saturated carbocycles. The van der Waals surface area contributed by atoms with Gasteiger partial charge in [-0.05, 0) is 57.8 Å². The molecule has 0 aromatic rings. The number of hydrogen-bond donors (Lipinski definition) is 2. The van der Waals surface area contributed by atoms with Gasteiger partial charge in [0, 0.05) is 19.1 Å². The Hall–Kier alpha value is -0.760. The van der Waals surface area contributed by atoms with Gasteiger partial charge in [0.05, 0.1) is 34.9 Å². The predicted octanol–water partition coefficient (Wildman–Crippen LogP) is 3.88. The lowest BCUT2D eigenvalue weighted by molar-refractivity contribution is -0.309. The molecule has 8 atom stereocenters. The first kappa shape index (κ1) is 29.8. The molecule has 0 aromatic heterocycles. The molecule has 3 N–H and O–H groups in total. The number of rotatable bonds is 7. The van der Waals surface area contributed by atoms with Crippen molar-refractivity contribution in [2.45, 2.75) is 111 Å². The molecule has 3 aliphatic rings. The van der Waals surface area contributed by atoms with E-state index >= 15 is 0 Å². The minimum atomic E-state index is -5.71. The molecule has 0 aliphatic heterocycles. The molecule has 0 aromatic carbocycles. The van der Waals surface area contributed by atoms with Crippen LogP contribution in [0.1, 0.15) is 64.2 Å². The summed E-state index contributed by atoms with van der Waals surface area (Å²) in [6.07, 6.45) is -6.10. The zero-order valence-corrected chi connectivity index (χ0v) is 21.6.